The van der Waals surface area contributed by atoms with Gasteiger partial charge in [-0.1, -0.05) is 42.0 Å². The number of aliphatic hydroxyl groups excluding tert-OH is 1. The number of aromatic amines is 1. The monoisotopic (exact) mass is 332 g/mol. The molecule has 0 amide bonds. The van der Waals surface area contributed by atoms with Gasteiger partial charge < -0.3 is 10.1 Å². The summed E-state index contributed by atoms with van der Waals surface area (Å²) in [7, 11) is 1.91. The molecule has 0 aliphatic carbocycles. The maximum Gasteiger partial charge on any atom is 0.152 e. The average molecular weight is 332 g/mol. The van der Waals surface area contributed by atoms with Crippen LogP contribution in [0.25, 0.3) is 16.6 Å². The van der Waals surface area contributed by atoms with Crippen LogP contribution in [0.15, 0.2) is 54.3 Å². The number of fused-ring (bicyclic) bond motifs is 1. The summed E-state index contributed by atoms with van der Waals surface area (Å²) in [6.45, 7) is 3.01. The second-order valence-electron chi connectivity index (χ2n) is 6.19. The van der Waals surface area contributed by atoms with Crippen LogP contribution in [0.4, 0.5) is 0 Å². The van der Waals surface area contributed by atoms with Crippen LogP contribution in [0.1, 0.15) is 17.0 Å². The molecule has 0 aliphatic rings. The molecule has 0 radical (unpaired) electrons. The first-order valence-electron chi connectivity index (χ1n) is 8.08. The van der Waals surface area contributed by atoms with Crippen molar-refractivity contribution in [3.63, 3.8) is 0 Å². The number of nitriles is 1. The standard InChI is InChI=1S/C20H20N4O/c1-14-7-9-15(10-8-14)12-24(2)13-19(25)16(11-21)20-22-17-5-3-4-6-18(17)23-20/h3-10,25H,12-13H2,1-2H3,(H,22,23)/b19-16-. The lowest BCUT2D eigenvalue weighted by Gasteiger charge is -2.16. The Morgan fingerprint density at radius 1 is 1.20 bits per heavy atom. The highest BCUT2D eigenvalue weighted by Gasteiger charge is 2.14. The fourth-order valence-electron chi connectivity index (χ4n) is 2.72. The Balaban J connectivity index is 1.79. The molecule has 0 saturated heterocycles. The summed E-state index contributed by atoms with van der Waals surface area (Å²) in [5.74, 6) is 0.404. The number of imidazole rings is 1. The van der Waals surface area contributed by atoms with Crippen molar-refractivity contribution < 1.29 is 5.11 Å². The molecular formula is C20H20N4O. The van der Waals surface area contributed by atoms with E-state index in [-0.39, 0.29) is 17.9 Å². The van der Waals surface area contributed by atoms with Gasteiger partial charge in [-0.05, 0) is 31.7 Å². The van der Waals surface area contributed by atoms with E-state index in [0.717, 1.165) is 16.6 Å². The Bertz CT molecular complexity index is 915. The quantitative estimate of drug-likeness (QED) is 0.550. The van der Waals surface area contributed by atoms with Crippen LogP contribution in [0.2, 0.25) is 0 Å². The van der Waals surface area contributed by atoms with E-state index >= 15 is 0 Å². The SMILES string of the molecule is Cc1ccc(CN(C)C/C(O)=C(\C#N)c2nc3ccccc3[nH]2)cc1. The summed E-state index contributed by atoms with van der Waals surface area (Å²) in [6, 6.07) is 17.9. The number of aryl methyl sites for hydroxylation is 1. The smallest absolute Gasteiger partial charge is 0.152 e. The number of likely N-dealkylation sites (N-methyl/N-ethyl adjacent to an activating group) is 1. The molecule has 1 aromatic heterocycles. The van der Waals surface area contributed by atoms with Gasteiger partial charge in [0.1, 0.15) is 17.4 Å². The average Bonchev–Trinajstić information content (AvgIpc) is 3.01. The minimum absolute atomic E-state index is 0.0103. The molecule has 3 aromatic rings. The number of hydrogen-bond donors (Lipinski definition) is 2. The Morgan fingerprint density at radius 3 is 2.60 bits per heavy atom. The summed E-state index contributed by atoms with van der Waals surface area (Å²) in [5.41, 5.74) is 4.15. The highest BCUT2D eigenvalue weighted by atomic mass is 16.3. The van der Waals surface area contributed by atoms with Gasteiger partial charge in [0, 0.05) is 6.54 Å². The number of nitrogens with one attached hydrogen (secondary N) is 1. The molecule has 0 unspecified atom stereocenters. The number of benzene rings is 2. The predicted molar refractivity (Wildman–Crippen MR) is 98.8 cm³/mol. The normalized spacial score (nSPS) is 12.2. The van der Waals surface area contributed by atoms with Crippen LogP contribution < -0.4 is 0 Å². The molecule has 0 spiro atoms. The van der Waals surface area contributed by atoms with E-state index in [1.807, 2.05) is 36.2 Å². The Hall–Kier alpha value is -3.10. The van der Waals surface area contributed by atoms with Crippen LogP contribution in [-0.2, 0) is 6.54 Å². The molecule has 126 valence electrons. The van der Waals surface area contributed by atoms with Crippen molar-refractivity contribution >= 4 is 16.6 Å². The van der Waals surface area contributed by atoms with Gasteiger partial charge in [-0.25, -0.2) is 4.98 Å². The van der Waals surface area contributed by atoms with Gasteiger partial charge in [-0.2, -0.15) is 5.26 Å². The molecule has 5 nitrogen and oxygen atoms in total. The number of aliphatic hydroxyl groups is 1. The second kappa shape index (κ2) is 7.20. The van der Waals surface area contributed by atoms with Crippen molar-refractivity contribution in [1.29, 1.82) is 5.26 Å². The van der Waals surface area contributed by atoms with E-state index in [1.54, 1.807) is 0 Å². The molecule has 25 heavy (non-hydrogen) atoms. The minimum atomic E-state index is 0.0103. The summed E-state index contributed by atoms with van der Waals surface area (Å²) in [5, 5.41) is 19.9. The molecule has 2 N–H and O–H groups in total. The van der Waals surface area contributed by atoms with Crippen LogP contribution in [0, 0.1) is 18.3 Å². The second-order valence-corrected chi connectivity index (χ2v) is 6.19. The topological polar surface area (TPSA) is 75.9 Å². The Labute approximate surface area is 146 Å². The van der Waals surface area contributed by atoms with Crippen LogP contribution in [0.5, 0.6) is 0 Å². The lowest BCUT2D eigenvalue weighted by molar-refractivity contribution is 0.286. The third-order valence-corrected chi connectivity index (χ3v) is 4.02. The van der Waals surface area contributed by atoms with Crippen molar-refractivity contribution in [2.24, 2.45) is 0 Å². The molecule has 0 aliphatic heterocycles. The van der Waals surface area contributed by atoms with E-state index in [9.17, 15) is 10.4 Å². The van der Waals surface area contributed by atoms with Gasteiger partial charge >= 0.3 is 0 Å². The van der Waals surface area contributed by atoms with Crippen molar-refractivity contribution in [2.45, 2.75) is 13.5 Å². The highest BCUT2D eigenvalue weighted by molar-refractivity contribution is 5.82. The number of H-pyrrole nitrogens is 1. The maximum absolute atomic E-state index is 10.4. The first-order valence-corrected chi connectivity index (χ1v) is 8.08. The van der Waals surface area contributed by atoms with E-state index in [4.69, 9.17) is 0 Å². The maximum atomic E-state index is 10.4. The number of allylic oxidation sites excluding steroid dienone is 1. The van der Waals surface area contributed by atoms with E-state index in [2.05, 4.69) is 47.2 Å². The fraction of sp³-hybridized carbons (Fsp3) is 0.200. The van der Waals surface area contributed by atoms with Gasteiger partial charge in [-0.15, -0.1) is 0 Å². The van der Waals surface area contributed by atoms with E-state index in [0.29, 0.717) is 12.4 Å². The number of para-hydroxylation sites is 2. The van der Waals surface area contributed by atoms with Gasteiger partial charge in [0.25, 0.3) is 0 Å². The zero-order valence-corrected chi connectivity index (χ0v) is 14.3. The molecule has 1 heterocycles. The van der Waals surface area contributed by atoms with Crippen molar-refractivity contribution in [1.82, 2.24) is 14.9 Å². The van der Waals surface area contributed by atoms with E-state index in [1.165, 1.54) is 5.56 Å². The summed E-state index contributed by atoms with van der Waals surface area (Å²) in [4.78, 5) is 9.44. The third-order valence-electron chi connectivity index (χ3n) is 4.02. The van der Waals surface area contributed by atoms with Gasteiger partial charge in [0.2, 0.25) is 0 Å². The molecule has 3 rings (SSSR count). The van der Waals surface area contributed by atoms with Crippen LogP contribution in [-0.4, -0.2) is 33.6 Å². The molecule has 0 fully saturated rings. The Morgan fingerprint density at radius 2 is 1.92 bits per heavy atom. The van der Waals surface area contributed by atoms with Gasteiger partial charge in [-0.3, -0.25) is 4.90 Å². The largest absolute Gasteiger partial charge is 0.509 e. The van der Waals surface area contributed by atoms with Crippen molar-refractivity contribution in [3.8, 4) is 6.07 Å². The number of hydrogen-bond acceptors (Lipinski definition) is 4. The highest BCUT2D eigenvalue weighted by Crippen LogP contribution is 2.19. The minimum Gasteiger partial charge on any atom is -0.509 e. The van der Waals surface area contributed by atoms with Crippen molar-refractivity contribution in [2.75, 3.05) is 13.6 Å². The molecule has 0 bridgehead atoms. The summed E-state index contributed by atoms with van der Waals surface area (Å²) in [6.07, 6.45) is 0. The Kier molecular flexibility index (Phi) is 4.82. The van der Waals surface area contributed by atoms with Crippen LogP contribution in [0.3, 0.4) is 0 Å². The fourth-order valence-corrected chi connectivity index (χ4v) is 2.72. The van der Waals surface area contributed by atoms with Crippen LogP contribution >= 0.6 is 0 Å². The van der Waals surface area contributed by atoms with E-state index < -0.39 is 0 Å². The number of nitrogens with zero attached hydrogens (tertiary/aromatic N) is 3. The molecular weight excluding hydrogens is 312 g/mol. The molecule has 2 aromatic carbocycles. The summed E-state index contributed by atoms with van der Waals surface area (Å²) < 4.78 is 0. The predicted octanol–water partition coefficient (Wildman–Crippen LogP) is 3.80. The first-order chi connectivity index (χ1) is 12.1. The van der Waals surface area contributed by atoms with Gasteiger partial charge in [0.05, 0.1) is 17.6 Å². The zero-order chi connectivity index (χ0) is 17.8. The molecule has 0 atom stereocenters. The molecule has 5 heteroatoms. The first kappa shape index (κ1) is 16.7. The summed E-state index contributed by atoms with van der Waals surface area (Å²) >= 11 is 0. The van der Waals surface area contributed by atoms with Gasteiger partial charge in [0.15, 0.2) is 5.82 Å². The lowest BCUT2D eigenvalue weighted by atomic mass is 10.1. The molecule has 0 saturated carbocycles. The van der Waals surface area contributed by atoms with Crippen molar-refractivity contribution in [3.05, 3.63) is 71.2 Å². The lowest BCUT2D eigenvalue weighted by Crippen LogP contribution is -2.21. The zero-order valence-electron chi connectivity index (χ0n) is 14.3. The number of aromatic nitrogens is 2. The third kappa shape index (κ3) is 3.87. The number of rotatable bonds is 5.